The predicted octanol–water partition coefficient (Wildman–Crippen LogP) is 2.25. The third-order valence-electron chi connectivity index (χ3n) is 2.34. The van der Waals surface area contributed by atoms with Crippen LogP contribution in [0.15, 0.2) is 36.4 Å². The molecule has 0 aromatic heterocycles. The van der Waals surface area contributed by atoms with Crippen LogP contribution >= 0.6 is 0 Å². The van der Waals surface area contributed by atoms with Gasteiger partial charge in [0.25, 0.3) is 0 Å². The van der Waals surface area contributed by atoms with Gasteiger partial charge in [0.05, 0.1) is 13.7 Å². The second kappa shape index (κ2) is 8.74. The molecule has 0 aliphatic carbocycles. The Morgan fingerprint density at radius 1 is 1.05 bits per heavy atom. The van der Waals surface area contributed by atoms with E-state index in [0.29, 0.717) is 6.61 Å². The minimum absolute atomic E-state index is 0.136. The average Bonchev–Trinajstić information content (AvgIpc) is 2.49. The van der Waals surface area contributed by atoms with Gasteiger partial charge < -0.3 is 14.2 Å². The van der Waals surface area contributed by atoms with E-state index in [0.717, 1.165) is 29.9 Å². The molecule has 0 N–H and O–H groups in total. The van der Waals surface area contributed by atoms with Crippen molar-refractivity contribution in [1.82, 2.24) is 0 Å². The third kappa shape index (κ3) is 6.04. The Morgan fingerprint density at radius 2 is 1.65 bits per heavy atom. The summed E-state index contributed by atoms with van der Waals surface area (Å²) in [5, 5.41) is 0. The molecule has 1 rings (SSSR count). The largest absolute Gasteiger partial charge is 0.497 e. The zero-order valence-corrected chi connectivity index (χ0v) is 11.6. The van der Waals surface area contributed by atoms with E-state index in [1.807, 2.05) is 6.92 Å². The first-order chi connectivity index (χ1) is 9.65. The van der Waals surface area contributed by atoms with E-state index >= 15 is 0 Å². The molecule has 0 aliphatic rings. The van der Waals surface area contributed by atoms with Crippen molar-refractivity contribution in [2.45, 2.75) is 20.0 Å². The highest BCUT2D eigenvalue weighted by Gasteiger charge is 2.02. The van der Waals surface area contributed by atoms with E-state index in [4.69, 9.17) is 14.2 Å². The Labute approximate surface area is 118 Å². The van der Waals surface area contributed by atoms with Crippen molar-refractivity contribution in [2.75, 3.05) is 13.7 Å². The van der Waals surface area contributed by atoms with Gasteiger partial charge in [-0.1, -0.05) is 19.1 Å². The molecule has 5 nitrogen and oxygen atoms in total. The number of methoxy groups -OCH3 is 1. The maximum atomic E-state index is 11.4. The van der Waals surface area contributed by atoms with Crippen LogP contribution in [0.1, 0.15) is 18.9 Å². The van der Waals surface area contributed by atoms with Gasteiger partial charge in [0.15, 0.2) is 0 Å². The SMILES string of the molecule is CCCOC(=O)/C=C/C(=O)OCc1ccc(OC)cc1. The van der Waals surface area contributed by atoms with Crippen molar-refractivity contribution in [2.24, 2.45) is 0 Å². The van der Waals surface area contributed by atoms with Gasteiger partial charge in [-0.05, 0) is 24.1 Å². The molecule has 0 bridgehead atoms. The van der Waals surface area contributed by atoms with Crippen LogP contribution in [-0.2, 0) is 25.7 Å². The maximum absolute atomic E-state index is 11.4. The Bertz CT molecular complexity index is 462. The summed E-state index contributed by atoms with van der Waals surface area (Å²) >= 11 is 0. The molecule has 0 fully saturated rings. The van der Waals surface area contributed by atoms with Crippen molar-refractivity contribution >= 4 is 11.9 Å². The van der Waals surface area contributed by atoms with Crippen LogP contribution in [0.4, 0.5) is 0 Å². The number of benzene rings is 1. The Morgan fingerprint density at radius 3 is 2.20 bits per heavy atom. The molecule has 0 heterocycles. The van der Waals surface area contributed by atoms with Crippen LogP contribution in [0.25, 0.3) is 0 Å². The number of rotatable bonds is 7. The highest BCUT2D eigenvalue weighted by atomic mass is 16.5. The van der Waals surface area contributed by atoms with E-state index in [2.05, 4.69) is 0 Å². The lowest BCUT2D eigenvalue weighted by Gasteiger charge is -2.04. The monoisotopic (exact) mass is 278 g/mol. The van der Waals surface area contributed by atoms with E-state index in [-0.39, 0.29) is 6.61 Å². The highest BCUT2D eigenvalue weighted by molar-refractivity contribution is 5.91. The molecule has 0 spiro atoms. The second-order valence-corrected chi connectivity index (χ2v) is 3.96. The average molecular weight is 278 g/mol. The van der Waals surface area contributed by atoms with Gasteiger partial charge in [-0.25, -0.2) is 9.59 Å². The fourth-order valence-corrected chi connectivity index (χ4v) is 1.31. The first-order valence-corrected chi connectivity index (χ1v) is 6.30. The lowest BCUT2D eigenvalue weighted by Crippen LogP contribution is -2.05. The number of carbonyl (C=O) groups excluding carboxylic acids is 2. The standard InChI is InChI=1S/C15H18O5/c1-3-10-19-14(16)8-9-15(17)20-11-12-4-6-13(18-2)7-5-12/h4-9H,3,10-11H2,1-2H3/b9-8+. The number of ether oxygens (including phenoxy) is 3. The third-order valence-corrected chi connectivity index (χ3v) is 2.34. The van der Waals surface area contributed by atoms with Crippen molar-refractivity contribution in [3.8, 4) is 5.75 Å². The van der Waals surface area contributed by atoms with Gasteiger partial charge in [-0.2, -0.15) is 0 Å². The maximum Gasteiger partial charge on any atom is 0.331 e. The zero-order chi connectivity index (χ0) is 14.8. The van der Waals surface area contributed by atoms with Crippen LogP contribution < -0.4 is 4.74 Å². The Hall–Kier alpha value is -2.30. The molecule has 1 aromatic carbocycles. The lowest BCUT2D eigenvalue weighted by molar-refractivity contribution is -0.141. The minimum atomic E-state index is -0.589. The van der Waals surface area contributed by atoms with Crippen molar-refractivity contribution in [3.05, 3.63) is 42.0 Å². The van der Waals surface area contributed by atoms with Crippen LogP contribution in [0.2, 0.25) is 0 Å². The predicted molar refractivity (Wildman–Crippen MR) is 73.2 cm³/mol. The number of esters is 2. The van der Waals surface area contributed by atoms with E-state index in [9.17, 15) is 9.59 Å². The minimum Gasteiger partial charge on any atom is -0.497 e. The molecular weight excluding hydrogens is 260 g/mol. The molecule has 0 saturated heterocycles. The molecule has 0 unspecified atom stereocenters. The highest BCUT2D eigenvalue weighted by Crippen LogP contribution is 2.11. The van der Waals surface area contributed by atoms with Crippen molar-refractivity contribution in [1.29, 1.82) is 0 Å². The van der Waals surface area contributed by atoms with Gasteiger partial charge in [0, 0.05) is 12.2 Å². The van der Waals surface area contributed by atoms with Crippen molar-refractivity contribution in [3.63, 3.8) is 0 Å². The number of hydrogen-bond acceptors (Lipinski definition) is 5. The molecule has 108 valence electrons. The van der Waals surface area contributed by atoms with E-state index < -0.39 is 11.9 Å². The van der Waals surface area contributed by atoms with E-state index in [1.165, 1.54) is 0 Å². The number of carbonyl (C=O) groups is 2. The smallest absolute Gasteiger partial charge is 0.331 e. The second-order valence-electron chi connectivity index (χ2n) is 3.96. The van der Waals surface area contributed by atoms with Gasteiger partial charge in [0.2, 0.25) is 0 Å². The van der Waals surface area contributed by atoms with Crippen LogP contribution in [-0.4, -0.2) is 25.7 Å². The summed E-state index contributed by atoms with van der Waals surface area (Å²) in [6.45, 7) is 2.36. The quantitative estimate of drug-likeness (QED) is 0.565. The van der Waals surface area contributed by atoms with Crippen LogP contribution in [0.3, 0.4) is 0 Å². The Kier molecular flexibility index (Phi) is 6.89. The summed E-state index contributed by atoms with van der Waals surface area (Å²) in [7, 11) is 1.58. The summed E-state index contributed by atoms with van der Waals surface area (Å²) < 4.78 is 14.8. The van der Waals surface area contributed by atoms with Gasteiger partial charge >= 0.3 is 11.9 Å². The summed E-state index contributed by atoms with van der Waals surface area (Å²) in [6, 6.07) is 7.15. The molecule has 1 aromatic rings. The number of hydrogen-bond donors (Lipinski definition) is 0. The molecular formula is C15H18O5. The van der Waals surface area contributed by atoms with Gasteiger partial charge in [-0.3, -0.25) is 0 Å². The summed E-state index contributed by atoms with van der Waals surface area (Å²) in [4.78, 5) is 22.5. The molecule has 0 radical (unpaired) electrons. The molecule has 20 heavy (non-hydrogen) atoms. The summed E-state index contributed by atoms with van der Waals surface area (Å²) in [5.41, 5.74) is 0.834. The zero-order valence-electron chi connectivity index (χ0n) is 11.6. The molecule has 0 saturated carbocycles. The normalized spacial score (nSPS) is 10.3. The van der Waals surface area contributed by atoms with Crippen LogP contribution in [0, 0.1) is 0 Å². The summed E-state index contributed by atoms with van der Waals surface area (Å²) in [5.74, 6) is -0.402. The molecule has 0 aliphatic heterocycles. The first kappa shape index (κ1) is 15.8. The molecule has 0 atom stereocenters. The fourth-order valence-electron chi connectivity index (χ4n) is 1.31. The van der Waals surface area contributed by atoms with Gasteiger partial charge in [0.1, 0.15) is 12.4 Å². The Balaban J connectivity index is 2.35. The topological polar surface area (TPSA) is 61.8 Å². The molecule has 5 heteroatoms. The summed E-state index contributed by atoms with van der Waals surface area (Å²) in [6.07, 6.45) is 2.86. The van der Waals surface area contributed by atoms with Crippen molar-refractivity contribution < 1.29 is 23.8 Å². The van der Waals surface area contributed by atoms with Crippen LogP contribution in [0.5, 0.6) is 5.75 Å². The van der Waals surface area contributed by atoms with Gasteiger partial charge in [-0.15, -0.1) is 0 Å². The fraction of sp³-hybridized carbons (Fsp3) is 0.333. The lowest BCUT2D eigenvalue weighted by atomic mass is 10.2. The molecule has 0 amide bonds. The first-order valence-electron chi connectivity index (χ1n) is 6.30. The van der Waals surface area contributed by atoms with E-state index in [1.54, 1.807) is 31.4 Å².